The van der Waals surface area contributed by atoms with Crippen LogP contribution in [0.5, 0.6) is 0 Å². The molecular weight excluding hydrogens is 241 g/mol. The molecule has 1 aliphatic heterocycles. The van der Waals surface area contributed by atoms with Crippen molar-refractivity contribution in [3.63, 3.8) is 0 Å². The highest BCUT2D eigenvalue weighted by Gasteiger charge is 2.39. The van der Waals surface area contributed by atoms with Crippen LogP contribution in [0, 0.1) is 6.92 Å². The summed E-state index contributed by atoms with van der Waals surface area (Å²) < 4.78 is 39.3. The summed E-state index contributed by atoms with van der Waals surface area (Å²) >= 11 is 0. The third kappa shape index (κ3) is 2.50. The maximum Gasteiger partial charge on any atom is 0.243 e. The van der Waals surface area contributed by atoms with Crippen LogP contribution in [-0.2, 0) is 10.0 Å². The van der Waals surface area contributed by atoms with E-state index < -0.39 is 15.7 Å². The molecule has 0 aromatic heterocycles. The van der Waals surface area contributed by atoms with Crippen molar-refractivity contribution in [3.8, 4) is 0 Å². The number of benzene rings is 1. The van der Waals surface area contributed by atoms with Gasteiger partial charge in [0.25, 0.3) is 0 Å². The fourth-order valence-electron chi connectivity index (χ4n) is 1.95. The molecular formula is C12H16FNO2S. The van der Waals surface area contributed by atoms with Gasteiger partial charge < -0.3 is 0 Å². The van der Waals surface area contributed by atoms with Gasteiger partial charge in [0.05, 0.1) is 4.90 Å². The van der Waals surface area contributed by atoms with E-state index in [0.29, 0.717) is 0 Å². The Hall–Kier alpha value is -0.940. The summed E-state index contributed by atoms with van der Waals surface area (Å²) in [6.45, 7) is 3.54. The first-order valence-corrected chi connectivity index (χ1v) is 7.01. The molecule has 1 aromatic carbocycles. The highest BCUT2D eigenvalue weighted by Crippen LogP contribution is 2.29. The zero-order valence-corrected chi connectivity index (χ0v) is 10.8. The molecule has 1 aromatic rings. The van der Waals surface area contributed by atoms with Crippen molar-refractivity contribution < 1.29 is 12.8 Å². The predicted molar refractivity (Wildman–Crippen MR) is 64.1 cm³/mol. The standard InChI is InChI=1S/C12H16FNO2S/c1-10-3-5-11(6-4-10)17(15,16)14-8-7-12(2,13)9-14/h3-6H,7-9H2,1-2H3/t12-/m0/s1. The lowest BCUT2D eigenvalue weighted by Gasteiger charge is -2.17. The number of aryl methyl sites for hydroxylation is 1. The highest BCUT2D eigenvalue weighted by atomic mass is 32.2. The Labute approximate surface area is 101 Å². The van der Waals surface area contributed by atoms with Crippen LogP contribution < -0.4 is 0 Å². The molecule has 0 unspecified atom stereocenters. The molecule has 0 bridgehead atoms. The van der Waals surface area contributed by atoms with Crippen LogP contribution in [0.4, 0.5) is 4.39 Å². The van der Waals surface area contributed by atoms with E-state index in [0.717, 1.165) is 5.56 Å². The largest absolute Gasteiger partial charge is 0.243 e. The Morgan fingerprint density at radius 2 is 1.88 bits per heavy atom. The van der Waals surface area contributed by atoms with Crippen molar-refractivity contribution in [3.05, 3.63) is 29.8 Å². The Balaban J connectivity index is 2.29. The monoisotopic (exact) mass is 257 g/mol. The summed E-state index contributed by atoms with van der Waals surface area (Å²) in [5.74, 6) is 0. The molecule has 0 N–H and O–H groups in total. The summed E-state index contributed by atoms with van der Waals surface area (Å²) in [7, 11) is -3.53. The Morgan fingerprint density at radius 1 is 1.29 bits per heavy atom. The average molecular weight is 257 g/mol. The van der Waals surface area contributed by atoms with Gasteiger partial charge in [0.2, 0.25) is 10.0 Å². The zero-order chi connectivity index (χ0) is 12.7. The maximum absolute atomic E-state index is 13.7. The van der Waals surface area contributed by atoms with Crippen molar-refractivity contribution in [2.24, 2.45) is 0 Å². The minimum absolute atomic E-state index is 0.0524. The molecule has 3 nitrogen and oxygen atoms in total. The fraction of sp³-hybridized carbons (Fsp3) is 0.500. The van der Waals surface area contributed by atoms with Gasteiger partial charge in [-0.2, -0.15) is 4.31 Å². The Bertz CT molecular complexity index is 508. The van der Waals surface area contributed by atoms with E-state index in [-0.39, 0.29) is 24.4 Å². The molecule has 1 fully saturated rings. The second-order valence-electron chi connectivity index (χ2n) is 4.81. The molecule has 1 atom stereocenters. The van der Waals surface area contributed by atoms with Gasteiger partial charge >= 0.3 is 0 Å². The Kier molecular flexibility index (Phi) is 2.99. The smallest absolute Gasteiger partial charge is 0.243 e. The molecule has 1 heterocycles. The van der Waals surface area contributed by atoms with Gasteiger partial charge in [-0.25, -0.2) is 12.8 Å². The molecule has 5 heteroatoms. The molecule has 0 radical (unpaired) electrons. The summed E-state index contributed by atoms with van der Waals surface area (Å²) in [5, 5.41) is 0. The average Bonchev–Trinajstić information content (AvgIpc) is 2.60. The first-order chi connectivity index (χ1) is 7.81. The van der Waals surface area contributed by atoms with Gasteiger partial charge in [-0.05, 0) is 32.4 Å². The van der Waals surface area contributed by atoms with Crippen molar-refractivity contribution in [1.29, 1.82) is 0 Å². The van der Waals surface area contributed by atoms with Crippen LogP contribution >= 0.6 is 0 Å². The van der Waals surface area contributed by atoms with E-state index in [1.54, 1.807) is 24.3 Å². The number of nitrogens with zero attached hydrogens (tertiary/aromatic N) is 1. The quantitative estimate of drug-likeness (QED) is 0.814. The molecule has 0 saturated carbocycles. The summed E-state index contributed by atoms with van der Waals surface area (Å²) in [6, 6.07) is 6.63. The van der Waals surface area contributed by atoms with E-state index in [2.05, 4.69) is 0 Å². The van der Waals surface area contributed by atoms with Crippen LogP contribution in [0.25, 0.3) is 0 Å². The molecule has 2 rings (SSSR count). The summed E-state index contributed by atoms with van der Waals surface area (Å²) in [6.07, 6.45) is 0.262. The van der Waals surface area contributed by atoms with E-state index >= 15 is 0 Å². The third-order valence-electron chi connectivity index (χ3n) is 3.05. The van der Waals surface area contributed by atoms with Gasteiger partial charge in [-0.15, -0.1) is 0 Å². The number of sulfonamides is 1. The van der Waals surface area contributed by atoms with Crippen LogP contribution in [0.3, 0.4) is 0 Å². The minimum Gasteiger partial charge on any atom is -0.243 e. The first-order valence-electron chi connectivity index (χ1n) is 5.57. The van der Waals surface area contributed by atoms with Gasteiger partial charge in [0.1, 0.15) is 5.67 Å². The fourth-order valence-corrected chi connectivity index (χ4v) is 3.50. The van der Waals surface area contributed by atoms with E-state index in [9.17, 15) is 12.8 Å². The molecule has 0 amide bonds. The first kappa shape index (κ1) is 12.5. The minimum atomic E-state index is -3.53. The molecule has 94 valence electrons. The number of alkyl halides is 1. The second kappa shape index (κ2) is 4.07. The molecule has 0 aliphatic carbocycles. The lowest BCUT2D eigenvalue weighted by atomic mass is 10.1. The van der Waals surface area contributed by atoms with Crippen LogP contribution in [0.1, 0.15) is 18.9 Å². The van der Waals surface area contributed by atoms with Crippen molar-refractivity contribution in [1.82, 2.24) is 4.31 Å². The van der Waals surface area contributed by atoms with Crippen molar-refractivity contribution in [2.75, 3.05) is 13.1 Å². The van der Waals surface area contributed by atoms with E-state index in [1.807, 2.05) is 6.92 Å². The lowest BCUT2D eigenvalue weighted by Crippen LogP contribution is -2.31. The summed E-state index contributed by atoms with van der Waals surface area (Å²) in [5.41, 5.74) is -0.404. The highest BCUT2D eigenvalue weighted by molar-refractivity contribution is 7.89. The predicted octanol–water partition coefficient (Wildman–Crippen LogP) is 2.12. The maximum atomic E-state index is 13.7. The van der Waals surface area contributed by atoms with Crippen LogP contribution in [-0.4, -0.2) is 31.5 Å². The SMILES string of the molecule is Cc1ccc(S(=O)(=O)N2CC[C@](C)(F)C2)cc1. The molecule has 17 heavy (non-hydrogen) atoms. The third-order valence-corrected chi connectivity index (χ3v) is 4.91. The lowest BCUT2D eigenvalue weighted by molar-refractivity contribution is 0.208. The number of hydrogen-bond donors (Lipinski definition) is 0. The summed E-state index contributed by atoms with van der Waals surface area (Å²) in [4.78, 5) is 0.237. The van der Waals surface area contributed by atoms with Crippen LogP contribution in [0.2, 0.25) is 0 Å². The van der Waals surface area contributed by atoms with Crippen molar-refractivity contribution >= 4 is 10.0 Å². The zero-order valence-electron chi connectivity index (χ0n) is 9.98. The van der Waals surface area contributed by atoms with E-state index in [4.69, 9.17) is 0 Å². The number of halogens is 1. The van der Waals surface area contributed by atoms with E-state index in [1.165, 1.54) is 11.2 Å². The van der Waals surface area contributed by atoms with Gasteiger partial charge in [-0.1, -0.05) is 17.7 Å². The number of hydrogen-bond acceptors (Lipinski definition) is 2. The second-order valence-corrected chi connectivity index (χ2v) is 6.75. The molecule has 1 aliphatic rings. The number of rotatable bonds is 2. The van der Waals surface area contributed by atoms with Crippen LogP contribution in [0.15, 0.2) is 29.2 Å². The van der Waals surface area contributed by atoms with Gasteiger partial charge in [-0.3, -0.25) is 0 Å². The van der Waals surface area contributed by atoms with Gasteiger partial charge in [0.15, 0.2) is 0 Å². The molecule has 1 saturated heterocycles. The van der Waals surface area contributed by atoms with Crippen molar-refractivity contribution in [2.45, 2.75) is 30.8 Å². The normalized spacial score (nSPS) is 26.3. The molecule has 0 spiro atoms. The van der Waals surface area contributed by atoms with Gasteiger partial charge in [0, 0.05) is 13.1 Å². The Morgan fingerprint density at radius 3 is 2.35 bits per heavy atom. The topological polar surface area (TPSA) is 37.4 Å².